The van der Waals surface area contributed by atoms with Crippen molar-refractivity contribution in [3.63, 3.8) is 0 Å². The summed E-state index contributed by atoms with van der Waals surface area (Å²) in [5.74, 6) is 0.957. The van der Waals surface area contributed by atoms with Gasteiger partial charge in [-0.05, 0) is 24.6 Å². The van der Waals surface area contributed by atoms with Gasteiger partial charge < -0.3 is 9.84 Å². The van der Waals surface area contributed by atoms with Crippen LogP contribution in [0.1, 0.15) is 35.7 Å². The lowest BCUT2D eigenvalue weighted by atomic mass is 9.93. The van der Waals surface area contributed by atoms with Crippen LogP contribution in [0.3, 0.4) is 0 Å². The van der Waals surface area contributed by atoms with E-state index >= 15 is 0 Å². The fraction of sp³-hybridized carbons (Fsp3) is 0.200. The second kappa shape index (κ2) is 6.35. The predicted molar refractivity (Wildman–Crippen MR) is 103 cm³/mol. The minimum atomic E-state index is -0.236. The van der Waals surface area contributed by atoms with E-state index in [1.807, 2.05) is 43.5 Å². The predicted octanol–water partition coefficient (Wildman–Crippen LogP) is 4.02. The number of allylic oxidation sites excluding steroid dienone is 2. The molecule has 0 radical (unpaired) electrons. The van der Waals surface area contributed by atoms with Gasteiger partial charge in [-0.15, -0.1) is 0 Å². The molecule has 3 aromatic rings. The molecular formula is C20H19N5O2. The number of hydrogen-bond donors (Lipinski definition) is 1. The van der Waals surface area contributed by atoms with Gasteiger partial charge in [0.05, 0.1) is 6.20 Å². The Bertz CT molecular complexity index is 1060. The molecule has 27 heavy (non-hydrogen) atoms. The zero-order valence-corrected chi connectivity index (χ0v) is 15.3. The van der Waals surface area contributed by atoms with Crippen LogP contribution < -0.4 is 5.32 Å². The number of benzene rings is 1. The fourth-order valence-corrected chi connectivity index (χ4v) is 2.81. The highest BCUT2D eigenvalue weighted by Gasteiger charge is 2.19. The molecule has 1 amide bonds. The number of nitrogens with one attached hydrogen (secondary N) is 1. The summed E-state index contributed by atoms with van der Waals surface area (Å²) < 4.78 is 6.59. The molecule has 0 saturated carbocycles. The Balaban J connectivity index is 1.64. The van der Waals surface area contributed by atoms with Gasteiger partial charge in [0.1, 0.15) is 11.5 Å². The largest absolute Gasteiger partial charge is 0.342 e. The van der Waals surface area contributed by atoms with Gasteiger partial charge in [-0.1, -0.05) is 43.3 Å². The summed E-state index contributed by atoms with van der Waals surface area (Å²) in [5, 5.41) is 6.80. The molecule has 0 aliphatic carbocycles. The van der Waals surface area contributed by atoms with Gasteiger partial charge in [0.25, 0.3) is 5.91 Å². The molecule has 0 spiro atoms. The van der Waals surface area contributed by atoms with E-state index in [2.05, 4.69) is 40.4 Å². The Morgan fingerprint density at radius 3 is 2.85 bits per heavy atom. The van der Waals surface area contributed by atoms with Crippen molar-refractivity contribution >= 4 is 23.9 Å². The van der Waals surface area contributed by atoms with Gasteiger partial charge in [0.15, 0.2) is 0 Å². The molecule has 0 unspecified atom stereocenters. The maximum absolute atomic E-state index is 12.9. The monoisotopic (exact) mass is 361 g/mol. The van der Waals surface area contributed by atoms with Crippen LogP contribution in [0.15, 0.2) is 47.5 Å². The van der Waals surface area contributed by atoms with Gasteiger partial charge in [0, 0.05) is 22.9 Å². The van der Waals surface area contributed by atoms with Crippen molar-refractivity contribution < 1.29 is 9.32 Å². The van der Waals surface area contributed by atoms with Crippen molar-refractivity contribution in [2.24, 2.45) is 5.41 Å². The number of carbonyl (C=O) groups is 1. The molecule has 1 N–H and O–H groups in total. The fourth-order valence-electron chi connectivity index (χ4n) is 2.81. The molecule has 7 nitrogen and oxygen atoms in total. The molecule has 136 valence electrons. The highest BCUT2D eigenvalue weighted by Crippen LogP contribution is 2.26. The van der Waals surface area contributed by atoms with E-state index in [1.54, 1.807) is 10.8 Å². The normalized spacial score (nSPS) is 14.6. The lowest BCUT2D eigenvalue weighted by Crippen LogP contribution is -2.16. The molecule has 4 rings (SSSR count). The quantitative estimate of drug-likeness (QED) is 0.761. The van der Waals surface area contributed by atoms with E-state index in [0.717, 1.165) is 17.0 Å². The van der Waals surface area contributed by atoms with E-state index in [-0.39, 0.29) is 11.3 Å². The molecule has 0 saturated heterocycles. The topological polar surface area (TPSA) is 85.8 Å². The lowest BCUT2D eigenvalue weighted by molar-refractivity contribution is 0.102. The van der Waals surface area contributed by atoms with Crippen LogP contribution in [-0.2, 0) is 0 Å². The molecular weight excluding hydrogens is 342 g/mol. The molecule has 0 fully saturated rings. The maximum Gasteiger partial charge on any atom is 0.274 e. The minimum Gasteiger partial charge on any atom is -0.342 e. The Kier molecular flexibility index (Phi) is 3.99. The number of anilines is 1. The zero-order valence-electron chi connectivity index (χ0n) is 15.3. The molecule has 1 aliphatic heterocycles. The summed E-state index contributed by atoms with van der Waals surface area (Å²) in [6.07, 6.45) is 10.8. The Morgan fingerprint density at radius 1 is 1.22 bits per heavy atom. The number of aryl methyl sites for hydroxylation is 1. The smallest absolute Gasteiger partial charge is 0.274 e. The maximum atomic E-state index is 12.9. The lowest BCUT2D eigenvalue weighted by Gasteiger charge is -2.12. The highest BCUT2D eigenvalue weighted by atomic mass is 16.5. The molecule has 0 bridgehead atoms. The molecule has 3 heterocycles. The third kappa shape index (κ3) is 3.31. The van der Waals surface area contributed by atoms with Gasteiger partial charge in [-0.3, -0.25) is 9.36 Å². The van der Waals surface area contributed by atoms with Crippen LogP contribution in [0.2, 0.25) is 0 Å². The number of nitrogens with zero attached hydrogens (tertiary/aromatic N) is 4. The second-order valence-electron chi connectivity index (χ2n) is 7.08. The Hall–Kier alpha value is -3.48. The van der Waals surface area contributed by atoms with Crippen molar-refractivity contribution in [1.29, 1.82) is 0 Å². The Morgan fingerprint density at radius 2 is 2.07 bits per heavy atom. The van der Waals surface area contributed by atoms with Gasteiger partial charge >= 0.3 is 0 Å². The van der Waals surface area contributed by atoms with E-state index in [0.29, 0.717) is 17.2 Å². The van der Waals surface area contributed by atoms with Crippen LogP contribution >= 0.6 is 0 Å². The number of imidazole rings is 1. The van der Waals surface area contributed by atoms with Gasteiger partial charge in [-0.25, -0.2) is 4.98 Å². The zero-order chi connectivity index (χ0) is 19.0. The molecule has 2 aromatic heterocycles. The van der Waals surface area contributed by atoms with E-state index in [4.69, 9.17) is 4.52 Å². The standard InChI is InChI=1S/C20H19N5O2/c1-13-4-5-14(18-22-12-27-24-18)10-15(13)23-19(26)16-11-21-17-6-7-20(2,3)8-9-25(16)17/h4-12H,1-3H3,(H,23,26). The first-order valence-electron chi connectivity index (χ1n) is 8.57. The molecule has 1 aromatic carbocycles. The highest BCUT2D eigenvalue weighted by molar-refractivity contribution is 6.04. The average molecular weight is 361 g/mol. The SMILES string of the molecule is Cc1ccc(-c2ncon2)cc1NC(=O)c1cnc2n1C=CC(C)(C)C=C2. The molecule has 1 aliphatic rings. The molecule has 7 heteroatoms. The number of fused-ring (bicyclic) bond motifs is 1. The first-order chi connectivity index (χ1) is 12.9. The number of hydrogen-bond acceptors (Lipinski definition) is 5. The number of carbonyl (C=O) groups excluding carboxylic acids is 1. The summed E-state index contributed by atoms with van der Waals surface area (Å²) in [7, 11) is 0. The number of rotatable bonds is 3. The first-order valence-corrected chi connectivity index (χ1v) is 8.57. The Labute approximate surface area is 156 Å². The van der Waals surface area contributed by atoms with Crippen molar-refractivity contribution in [1.82, 2.24) is 19.7 Å². The summed E-state index contributed by atoms with van der Waals surface area (Å²) in [4.78, 5) is 21.3. The van der Waals surface area contributed by atoms with Gasteiger partial charge in [0.2, 0.25) is 12.2 Å². The summed E-state index contributed by atoms with van der Waals surface area (Å²) in [6.45, 7) is 6.12. The van der Waals surface area contributed by atoms with Gasteiger partial charge in [-0.2, -0.15) is 4.98 Å². The van der Waals surface area contributed by atoms with Crippen LogP contribution in [0.4, 0.5) is 5.69 Å². The third-order valence-corrected chi connectivity index (χ3v) is 4.48. The summed E-state index contributed by atoms with van der Waals surface area (Å²) in [6, 6.07) is 5.62. The minimum absolute atomic E-state index is 0.0933. The second-order valence-corrected chi connectivity index (χ2v) is 7.08. The van der Waals surface area contributed by atoms with Crippen molar-refractivity contribution in [3.8, 4) is 11.4 Å². The third-order valence-electron chi connectivity index (χ3n) is 4.48. The van der Waals surface area contributed by atoms with Crippen molar-refractivity contribution in [2.75, 3.05) is 5.32 Å². The van der Waals surface area contributed by atoms with Crippen molar-refractivity contribution in [3.05, 3.63) is 60.0 Å². The average Bonchev–Trinajstić information content (AvgIpc) is 3.27. The summed E-state index contributed by atoms with van der Waals surface area (Å²) in [5.41, 5.74) is 2.76. The van der Waals surface area contributed by atoms with Crippen molar-refractivity contribution in [2.45, 2.75) is 20.8 Å². The van der Waals surface area contributed by atoms with Crippen LogP contribution in [0, 0.1) is 12.3 Å². The summed E-state index contributed by atoms with van der Waals surface area (Å²) >= 11 is 0. The van der Waals surface area contributed by atoms with E-state index < -0.39 is 0 Å². The number of aromatic nitrogens is 4. The number of amides is 1. The van der Waals surface area contributed by atoms with Crippen LogP contribution in [0.25, 0.3) is 23.7 Å². The van der Waals surface area contributed by atoms with Crippen LogP contribution in [-0.4, -0.2) is 25.6 Å². The molecule has 0 atom stereocenters. The first kappa shape index (κ1) is 17.0. The van der Waals surface area contributed by atoms with E-state index in [1.165, 1.54) is 6.39 Å². The van der Waals surface area contributed by atoms with Crippen LogP contribution in [0.5, 0.6) is 0 Å². The van der Waals surface area contributed by atoms with E-state index in [9.17, 15) is 4.79 Å².